The maximum absolute atomic E-state index is 4.54. The molecule has 0 bridgehead atoms. The summed E-state index contributed by atoms with van der Waals surface area (Å²) in [6.07, 6.45) is 10.5. The van der Waals surface area contributed by atoms with Crippen molar-refractivity contribution in [1.29, 1.82) is 0 Å². The molecule has 2 N–H and O–H groups in total. The van der Waals surface area contributed by atoms with Crippen LogP contribution in [0.5, 0.6) is 0 Å². The first kappa shape index (κ1) is 22.4. The lowest BCUT2D eigenvalue weighted by molar-refractivity contribution is 0.665. The van der Waals surface area contributed by atoms with Crippen LogP contribution in [0.1, 0.15) is 49.1 Å². The van der Waals surface area contributed by atoms with Gasteiger partial charge in [0.05, 0.1) is 5.69 Å². The van der Waals surface area contributed by atoms with Crippen LogP contribution in [0.15, 0.2) is 41.0 Å². The molecule has 152 valence electrons. The minimum Gasteiger partial charge on any atom is -0.356 e. The van der Waals surface area contributed by atoms with Crippen molar-refractivity contribution in [3.63, 3.8) is 0 Å². The van der Waals surface area contributed by atoms with Crippen LogP contribution in [0, 0.1) is 13.8 Å². The highest BCUT2D eigenvalue weighted by atomic mass is 127. The molecule has 2 aromatic heterocycles. The molecule has 0 radical (unpaired) electrons. The van der Waals surface area contributed by atoms with E-state index in [9.17, 15) is 0 Å². The van der Waals surface area contributed by atoms with Crippen molar-refractivity contribution in [3.8, 4) is 5.82 Å². The SMILES string of the molecule is CN=C(NCCC1=CCCCC1)NCc1ccc(-n2nc(C)cc2C)nc1.I. The van der Waals surface area contributed by atoms with Gasteiger partial charge in [0.15, 0.2) is 11.8 Å². The van der Waals surface area contributed by atoms with Crippen molar-refractivity contribution in [2.75, 3.05) is 13.6 Å². The van der Waals surface area contributed by atoms with Crippen LogP contribution in [0.2, 0.25) is 0 Å². The van der Waals surface area contributed by atoms with Crippen LogP contribution < -0.4 is 10.6 Å². The quantitative estimate of drug-likeness (QED) is 0.275. The molecular formula is C21H31IN6. The molecule has 2 aromatic rings. The summed E-state index contributed by atoms with van der Waals surface area (Å²) in [4.78, 5) is 8.85. The van der Waals surface area contributed by atoms with Crippen LogP contribution in [0.3, 0.4) is 0 Å². The molecule has 28 heavy (non-hydrogen) atoms. The Balaban J connectivity index is 0.00000280. The van der Waals surface area contributed by atoms with E-state index in [4.69, 9.17) is 0 Å². The molecule has 0 aromatic carbocycles. The Morgan fingerprint density at radius 1 is 1.21 bits per heavy atom. The molecule has 0 aliphatic heterocycles. The average Bonchev–Trinajstić information content (AvgIpc) is 3.04. The number of pyridine rings is 1. The number of hydrogen-bond acceptors (Lipinski definition) is 3. The highest BCUT2D eigenvalue weighted by Gasteiger charge is 2.06. The molecule has 6 nitrogen and oxygen atoms in total. The van der Waals surface area contributed by atoms with Crippen LogP contribution >= 0.6 is 24.0 Å². The summed E-state index contributed by atoms with van der Waals surface area (Å²) in [6, 6.07) is 6.13. The third kappa shape index (κ3) is 6.32. The van der Waals surface area contributed by atoms with Gasteiger partial charge in [-0.1, -0.05) is 17.7 Å². The van der Waals surface area contributed by atoms with Crippen LogP contribution in [0.25, 0.3) is 5.82 Å². The van der Waals surface area contributed by atoms with Gasteiger partial charge in [0.2, 0.25) is 0 Å². The second-order valence-corrected chi connectivity index (χ2v) is 7.07. The fraction of sp³-hybridized carbons (Fsp3) is 0.476. The zero-order valence-corrected chi connectivity index (χ0v) is 19.4. The number of aryl methyl sites for hydroxylation is 2. The number of aliphatic imine (C=N–C) groups is 1. The summed E-state index contributed by atoms with van der Waals surface area (Å²) in [5.74, 6) is 1.67. The van der Waals surface area contributed by atoms with E-state index in [0.29, 0.717) is 6.54 Å². The van der Waals surface area contributed by atoms with Crippen LogP contribution in [-0.2, 0) is 6.54 Å². The van der Waals surface area contributed by atoms with Gasteiger partial charge in [-0.15, -0.1) is 24.0 Å². The third-order valence-electron chi connectivity index (χ3n) is 4.84. The first-order valence-electron chi connectivity index (χ1n) is 9.76. The number of halogens is 1. The minimum atomic E-state index is 0. The number of rotatable bonds is 6. The Morgan fingerprint density at radius 2 is 2.07 bits per heavy atom. The molecule has 3 rings (SSSR count). The van der Waals surface area contributed by atoms with Gasteiger partial charge >= 0.3 is 0 Å². The first-order chi connectivity index (χ1) is 13.2. The average molecular weight is 494 g/mol. The van der Waals surface area contributed by atoms with Gasteiger partial charge in [-0.05, 0) is 63.6 Å². The van der Waals surface area contributed by atoms with Crippen LogP contribution in [0.4, 0.5) is 0 Å². The molecule has 0 saturated carbocycles. The summed E-state index contributed by atoms with van der Waals surface area (Å²) in [6.45, 7) is 5.63. The zero-order chi connectivity index (χ0) is 19.1. The topological polar surface area (TPSA) is 67.1 Å². The third-order valence-corrected chi connectivity index (χ3v) is 4.84. The van der Waals surface area contributed by atoms with Crippen molar-refractivity contribution in [3.05, 3.63) is 53.0 Å². The summed E-state index contributed by atoms with van der Waals surface area (Å²) >= 11 is 0. The first-order valence-corrected chi connectivity index (χ1v) is 9.76. The Kier molecular flexibility index (Phi) is 8.95. The Morgan fingerprint density at radius 3 is 2.68 bits per heavy atom. The number of hydrogen-bond donors (Lipinski definition) is 2. The van der Waals surface area contributed by atoms with E-state index in [1.54, 1.807) is 12.6 Å². The maximum Gasteiger partial charge on any atom is 0.191 e. The lowest BCUT2D eigenvalue weighted by atomic mass is 9.97. The Labute approximate surface area is 185 Å². The monoisotopic (exact) mass is 494 g/mol. The molecule has 0 amide bonds. The molecule has 2 heterocycles. The number of aromatic nitrogens is 3. The van der Waals surface area contributed by atoms with Crippen LogP contribution in [-0.4, -0.2) is 34.3 Å². The number of nitrogens with zero attached hydrogens (tertiary/aromatic N) is 4. The number of nitrogens with one attached hydrogen (secondary N) is 2. The molecule has 0 saturated heterocycles. The molecule has 1 aliphatic carbocycles. The normalized spacial score (nSPS) is 14.2. The number of allylic oxidation sites excluding steroid dienone is 1. The molecule has 0 unspecified atom stereocenters. The minimum absolute atomic E-state index is 0. The van der Waals surface area contributed by atoms with Gasteiger partial charge in [-0.3, -0.25) is 4.99 Å². The van der Waals surface area contributed by atoms with Gasteiger partial charge in [-0.2, -0.15) is 5.10 Å². The standard InChI is InChI=1S/C21H30N6.HI/c1-16-13-17(2)27(26-16)20-10-9-19(14-24-20)15-25-21(22-3)23-12-11-18-7-5-4-6-8-18;/h7,9-10,13-14H,4-6,8,11-12,15H2,1-3H3,(H2,22,23,25);1H. The predicted octanol–water partition coefficient (Wildman–Crippen LogP) is 4.06. The molecule has 7 heteroatoms. The molecular weight excluding hydrogens is 463 g/mol. The zero-order valence-electron chi connectivity index (χ0n) is 17.0. The van der Waals surface area contributed by atoms with E-state index in [2.05, 4.69) is 43.9 Å². The molecule has 0 fully saturated rings. The van der Waals surface area contributed by atoms with E-state index in [1.165, 1.54) is 25.7 Å². The highest BCUT2D eigenvalue weighted by Crippen LogP contribution is 2.19. The second kappa shape index (κ2) is 11.2. The largest absolute Gasteiger partial charge is 0.356 e. The van der Waals surface area contributed by atoms with E-state index in [1.807, 2.05) is 30.8 Å². The van der Waals surface area contributed by atoms with Crippen molar-refractivity contribution in [2.45, 2.75) is 52.5 Å². The fourth-order valence-corrected chi connectivity index (χ4v) is 3.39. The number of guanidine groups is 1. The maximum atomic E-state index is 4.54. The van der Waals surface area contributed by atoms with E-state index in [-0.39, 0.29) is 24.0 Å². The Bertz CT molecular complexity index is 807. The van der Waals surface area contributed by atoms with Gasteiger partial charge in [0.1, 0.15) is 0 Å². The van der Waals surface area contributed by atoms with Crippen molar-refractivity contribution < 1.29 is 0 Å². The van der Waals surface area contributed by atoms with E-state index < -0.39 is 0 Å². The van der Waals surface area contributed by atoms with E-state index >= 15 is 0 Å². The fourth-order valence-electron chi connectivity index (χ4n) is 3.39. The lowest BCUT2D eigenvalue weighted by Crippen LogP contribution is -2.37. The lowest BCUT2D eigenvalue weighted by Gasteiger charge is -2.15. The summed E-state index contributed by atoms with van der Waals surface area (Å²) in [7, 11) is 1.80. The van der Waals surface area contributed by atoms with Gasteiger partial charge in [0.25, 0.3) is 0 Å². The predicted molar refractivity (Wildman–Crippen MR) is 126 cm³/mol. The highest BCUT2D eigenvalue weighted by molar-refractivity contribution is 14.0. The van der Waals surface area contributed by atoms with E-state index in [0.717, 1.165) is 41.7 Å². The molecule has 1 aliphatic rings. The molecule has 0 spiro atoms. The Hall–Kier alpha value is -1.90. The van der Waals surface area contributed by atoms with Gasteiger partial charge in [0, 0.05) is 32.0 Å². The smallest absolute Gasteiger partial charge is 0.191 e. The summed E-state index contributed by atoms with van der Waals surface area (Å²) < 4.78 is 1.87. The van der Waals surface area contributed by atoms with Gasteiger partial charge in [-0.25, -0.2) is 9.67 Å². The van der Waals surface area contributed by atoms with Crippen molar-refractivity contribution >= 4 is 29.9 Å². The van der Waals surface area contributed by atoms with Crippen molar-refractivity contribution in [2.24, 2.45) is 4.99 Å². The molecule has 0 atom stereocenters. The summed E-state index contributed by atoms with van der Waals surface area (Å²) in [5.41, 5.74) is 4.77. The van der Waals surface area contributed by atoms with Gasteiger partial charge < -0.3 is 10.6 Å². The second-order valence-electron chi connectivity index (χ2n) is 7.07. The summed E-state index contributed by atoms with van der Waals surface area (Å²) in [5, 5.41) is 11.2. The van der Waals surface area contributed by atoms with Crippen molar-refractivity contribution in [1.82, 2.24) is 25.4 Å².